The predicted molar refractivity (Wildman–Crippen MR) is 59.6 cm³/mol. The summed E-state index contributed by atoms with van der Waals surface area (Å²) in [4.78, 5) is 9.93. The third kappa shape index (κ3) is 3.96. The number of anilines is 1. The minimum Gasteiger partial charge on any atom is -0.459 e. The molecule has 0 atom stereocenters. The average Bonchev–Trinajstić information content (AvgIpc) is 2.70. The van der Waals surface area contributed by atoms with Crippen molar-refractivity contribution < 1.29 is 13.6 Å². The van der Waals surface area contributed by atoms with Crippen molar-refractivity contribution in [1.29, 1.82) is 0 Å². The lowest BCUT2D eigenvalue weighted by atomic mass is 10.3. The van der Waals surface area contributed by atoms with Crippen molar-refractivity contribution in [3.05, 3.63) is 53.7 Å². The van der Waals surface area contributed by atoms with E-state index in [1.807, 2.05) is 0 Å². The molecule has 1 aromatic heterocycles. The maximum atomic E-state index is 12.0. The molecule has 0 amide bonds. The van der Waals surface area contributed by atoms with Crippen molar-refractivity contribution >= 4 is 12.0 Å². The van der Waals surface area contributed by atoms with Crippen molar-refractivity contribution in [3.63, 3.8) is 0 Å². The van der Waals surface area contributed by atoms with Crippen LogP contribution in [0.3, 0.4) is 0 Å². The summed E-state index contributed by atoms with van der Waals surface area (Å²) in [6.07, 6.45) is 0.688. The standard InChI is InChI=1S/C6H6FN.C6H6O2/c7-5-1-3-6(8)4-2-5;1-5-2-3-6(4-7)8-5/h1-4H,8H2;2-4H,1H3. The molecule has 0 saturated carbocycles. The Balaban J connectivity index is 0.000000160. The van der Waals surface area contributed by atoms with Gasteiger partial charge in [-0.05, 0) is 43.3 Å². The second-order valence-corrected chi connectivity index (χ2v) is 3.12. The SMILES string of the molecule is Cc1ccc(C=O)o1.Nc1ccc(F)cc1. The van der Waals surface area contributed by atoms with Crippen LogP contribution in [0.2, 0.25) is 0 Å². The largest absolute Gasteiger partial charge is 0.459 e. The minimum absolute atomic E-state index is 0.251. The van der Waals surface area contributed by atoms with Crippen LogP contribution >= 0.6 is 0 Å². The maximum absolute atomic E-state index is 12.0. The molecular weight excluding hydrogens is 209 g/mol. The molecule has 1 heterocycles. The number of nitrogens with two attached hydrogens (primary N) is 1. The van der Waals surface area contributed by atoms with Crippen molar-refractivity contribution in [2.24, 2.45) is 0 Å². The Morgan fingerprint density at radius 2 is 1.81 bits per heavy atom. The van der Waals surface area contributed by atoms with E-state index >= 15 is 0 Å². The highest BCUT2D eigenvalue weighted by Crippen LogP contribution is 2.02. The molecule has 4 heteroatoms. The number of hydrogen-bond acceptors (Lipinski definition) is 3. The fourth-order valence-corrected chi connectivity index (χ4v) is 0.980. The van der Waals surface area contributed by atoms with E-state index in [0.29, 0.717) is 17.7 Å². The van der Waals surface area contributed by atoms with Gasteiger partial charge in [0.15, 0.2) is 12.0 Å². The number of carbonyl (C=O) groups is 1. The van der Waals surface area contributed by atoms with Gasteiger partial charge in [-0.2, -0.15) is 0 Å². The molecule has 0 aliphatic heterocycles. The van der Waals surface area contributed by atoms with Gasteiger partial charge in [0.1, 0.15) is 11.6 Å². The van der Waals surface area contributed by atoms with Crippen LogP contribution in [0, 0.1) is 12.7 Å². The van der Waals surface area contributed by atoms with Gasteiger partial charge in [0.25, 0.3) is 0 Å². The van der Waals surface area contributed by atoms with Crippen molar-refractivity contribution in [2.45, 2.75) is 6.92 Å². The van der Waals surface area contributed by atoms with Crippen LogP contribution in [-0.2, 0) is 0 Å². The smallest absolute Gasteiger partial charge is 0.185 e. The zero-order chi connectivity index (χ0) is 12.0. The van der Waals surface area contributed by atoms with Crippen molar-refractivity contribution in [3.8, 4) is 0 Å². The molecule has 0 fully saturated rings. The Morgan fingerprint density at radius 3 is 2.12 bits per heavy atom. The first-order valence-electron chi connectivity index (χ1n) is 4.64. The summed E-state index contributed by atoms with van der Waals surface area (Å²) in [5.74, 6) is 0.911. The molecule has 0 aliphatic rings. The number of halogens is 1. The van der Waals surface area contributed by atoms with Crippen molar-refractivity contribution in [2.75, 3.05) is 5.73 Å². The molecule has 84 valence electrons. The van der Waals surface area contributed by atoms with E-state index in [4.69, 9.17) is 10.2 Å². The molecule has 1 aromatic carbocycles. The highest BCUT2D eigenvalue weighted by molar-refractivity contribution is 5.70. The summed E-state index contributed by atoms with van der Waals surface area (Å²) in [6, 6.07) is 9.10. The maximum Gasteiger partial charge on any atom is 0.185 e. The molecule has 2 N–H and O–H groups in total. The fourth-order valence-electron chi connectivity index (χ4n) is 0.980. The second-order valence-electron chi connectivity index (χ2n) is 3.12. The zero-order valence-electron chi connectivity index (χ0n) is 8.81. The Hall–Kier alpha value is -2.10. The van der Waals surface area contributed by atoms with Gasteiger partial charge in [-0.1, -0.05) is 0 Å². The molecule has 16 heavy (non-hydrogen) atoms. The van der Waals surface area contributed by atoms with Gasteiger partial charge >= 0.3 is 0 Å². The fraction of sp³-hybridized carbons (Fsp3) is 0.0833. The Labute approximate surface area is 92.7 Å². The molecular formula is C12H12FNO2. The van der Waals surface area contributed by atoms with E-state index in [9.17, 15) is 9.18 Å². The van der Waals surface area contributed by atoms with Gasteiger partial charge < -0.3 is 10.2 Å². The van der Waals surface area contributed by atoms with E-state index in [1.54, 1.807) is 19.1 Å². The van der Waals surface area contributed by atoms with Gasteiger partial charge in [-0.3, -0.25) is 4.79 Å². The second kappa shape index (κ2) is 5.70. The molecule has 2 rings (SSSR count). The predicted octanol–water partition coefficient (Wildman–Crippen LogP) is 2.81. The van der Waals surface area contributed by atoms with Gasteiger partial charge in [0, 0.05) is 5.69 Å². The van der Waals surface area contributed by atoms with Crippen molar-refractivity contribution in [1.82, 2.24) is 0 Å². The molecule has 0 bridgehead atoms. The average molecular weight is 221 g/mol. The monoisotopic (exact) mass is 221 g/mol. The first-order chi connectivity index (χ1) is 7.61. The zero-order valence-corrected chi connectivity index (χ0v) is 8.81. The lowest BCUT2D eigenvalue weighted by Crippen LogP contribution is -1.82. The summed E-state index contributed by atoms with van der Waals surface area (Å²) in [5.41, 5.74) is 5.85. The van der Waals surface area contributed by atoms with Gasteiger partial charge in [0.2, 0.25) is 0 Å². The third-order valence-corrected chi connectivity index (χ3v) is 1.75. The topological polar surface area (TPSA) is 56.2 Å². The van der Waals surface area contributed by atoms with Crippen LogP contribution in [0.15, 0.2) is 40.8 Å². The lowest BCUT2D eigenvalue weighted by Gasteiger charge is -1.87. The van der Waals surface area contributed by atoms with Gasteiger partial charge in [-0.25, -0.2) is 4.39 Å². The summed E-state index contributed by atoms with van der Waals surface area (Å²) in [5, 5.41) is 0. The van der Waals surface area contributed by atoms with Crippen LogP contribution in [0.4, 0.5) is 10.1 Å². The number of aldehydes is 1. The Bertz CT molecular complexity index is 427. The van der Waals surface area contributed by atoms with Crippen LogP contribution in [-0.4, -0.2) is 6.29 Å². The molecule has 0 unspecified atom stereocenters. The number of aryl methyl sites for hydroxylation is 1. The van der Waals surface area contributed by atoms with Crippen LogP contribution in [0.25, 0.3) is 0 Å². The normalized spacial score (nSPS) is 9.12. The van der Waals surface area contributed by atoms with E-state index in [-0.39, 0.29) is 5.82 Å². The summed E-state index contributed by atoms with van der Waals surface area (Å²) in [6.45, 7) is 1.80. The Kier molecular flexibility index (Phi) is 4.27. The van der Waals surface area contributed by atoms with Gasteiger partial charge in [-0.15, -0.1) is 0 Å². The molecule has 2 aromatic rings. The first-order valence-corrected chi connectivity index (χ1v) is 4.64. The minimum atomic E-state index is -0.251. The third-order valence-electron chi connectivity index (χ3n) is 1.75. The quantitative estimate of drug-likeness (QED) is 0.595. The molecule has 3 nitrogen and oxygen atoms in total. The number of rotatable bonds is 1. The van der Waals surface area contributed by atoms with E-state index in [2.05, 4.69) is 0 Å². The number of nitrogen functional groups attached to an aromatic ring is 1. The first kappa shape index (κ1) is 12.0. The number of benzene rings is 1. The highest BCUT2D eigenvalue weighted by Gasteiger charge is 1.91. The van der Waals surface area contributed by atoms with Crippen LogP contribution in [0.1, 0.15) is 16.3 Å². The van der Waals surface area contributed by atoms with Gasteiger partial charge in [0.05, 0.1) is 0 Å². The molecule has 0 spiro atoms. The van der Waals surface area contributed by atoms with E-state index in [1.165, 1.54) is 24.3 Å². The number of hydrogen-bond donors (Lipinski definition) is 1. The highest BCUT2D eigenvalue weighted by atomic mass is 19.1. The van der Waals surface area contributed by atoms with Crippen LogP contribution in [0.5, 0.6) is 0 Å². The molecule has 0 saturated heterocycles. The number of carbonyl (C=O) groups excluding carboxylic acids is 1. The lowest BCUT2D eigenvalue weighted by molar-refractivity contribution is 0.109. The molecule has 0 radical (unpaired) electrons. The summed E-state index contributed by atoms with van der Waals surface area (Å²) in [7, 11) is 0. The number of furan rings is 1. The summed E-state index contributed by atoms with van der Waals surface area (Å²) < 4.78 is 16.9. The van der Waals surface area contributed by atoms with E-state index < -0.39 is 0 Å². The Morgan fingerprint density at radius 1 is 1.19 bits per heavy atom. The van der Waals surface area contributed by atoms with E-state index in [0.717, 1.165) is 5.76 Å². The molecule has 0 aliphatic carbocycles. The summed E-state index contributed by atoms with van der Waals surface area (Å²) >= 11 is 0. The van der Waals surface area contributed by atoms with Crippen LogP contribution < -0.4 is 5.73 Å².